The van der Waals surface area contributed by atoms with Crippen LogP contribution in [0.4, 0.5) is 0 Å². The Labute approximate surface area is 128 Å². The molecule has 0 heterocycles. The molecule has 1 aliphatic rings. The SMILES string of the molecule is CCCCCCCCC(C(=O)CN)C1(C(=O)O)CCC1C. The van der Waals surface area contributed by atoms with E-state index in [1.807, 2.05) is 6.92 Å². The van der Waals surface area contributed by atoms with Crippen molar-refractivity contribution in [1.82, 2.24) is 0 Å². The van der Waals surface area contributed by atoms with Gasteiger partial charge in [0.15, 0.2) is 5.78 Å². The lowest BCUT2D eigenvalue weighted by Crippen LogP contribution is -2.54. The van der Waals surface area contributed by atoms with E-state index in [0.29, 0.717) is 12.8 Å². The highest BCUT2D eigenvalue weighted by Gasteiger charge is 2.57. The average molecular weight is 297 g/mol. The van der Waals surface area contributed by atoms with Crippen molar-refractivity contribution in [3.8, 4) is 0 Å². The van der Waals surface area contributed by atoms with E-state index < -0.39 is 17.3 Å². The van der Waals surface area contributed by atoms with Gasteiger partial charge in [-0.25, -0.2) is 0 Å². The number of aliphatic carboxylic acids is 1. The zero-order chi connectivity index (χ0) is 15.9. The van der Waals surface area contributed by atoms with Gasteiger partial charge in [-0.2, -0.15) is 0 Å². The maximum absolute atomic E-state index is 12.2. The van der Waals surface area contributed by atoms with Crippen LogP contribution in [0.15, 0.2) is 0 Å². The minimum absolute atomic E-state index is 0.0394. The molecule has 0 aliphatic heterocycles. The topological polar surface area (TPSA) is 80.4 Å². The smallest absolute Gasteiger partial charge is 0.310 e. The van der Waals surface area contributed by atoms with E-state index in [1.165, 1.54) is 25.7 Å². The number of hydrogen-bond acceptors (Lipinski definition) is 3. The molecule has 1 aliphatic carbocycles. The fourth-order valence-electron chi connectivity index (χ4n) is 3.71. The summed E-state index contributed by atoms with van der Waals surface area (Å²) in [6.45, 7) is 4.10. The number of ketones is 1. The average Bonchev–Trinajstić information content (AvgIpc) is 2.46. The van der Waals surface area contributed by atoms with E-state index in [9.17, 15) is 14.7 Å². The molecule has 3 N–H and O–H groups in total. The molecule has 0 aromatic heterocycles. The van der Waals surface area contributed by atoms with Gasteiger partial charge in [-0.15, -0.1) is 0 Å². The minimum atomic E-state index is -0.847. The third-order valence-corrected chi connectivity index (χ3v) is 5.33. The van der Waals surface area contributed by atoms with Crippen molar-refractivity contribution < 1.29 is 14.7 Å². The number of hydrogen-bond donors (Lipinski definition) is 2. The van der Waals surface area contributed by atoms with Gasteiger partial charge in [0.2, 0.25) is 0 Å². The third kappa shape index (κ3) is 4.06. The summed E-state index contributed by atoms with van der Waals surface area (Å²) in [6, 6.07) is 0. The van der Waals surface area contributed by atoms with Crippen LogP contribution < -0.4 is 5.73 Å². The molecule has 1 rings (SSSR count). The van der Waals surface area contributed by atoms with E-state index in [0.717, 1.165) is 19.3 Å². The lowest BCUT2D eigenvalue weighted by molar-refractivity contribution is -0.171. The Kier molecular flexibility index (Phi) is 7.36. The van der Waals surface area contributed by atoms with Crippen LogP contribution in [0, 0.1) is 17.3 Å². The fourth-order valence-corrected chi connectivity index (χ4v) is 3.71. The molecule has 0 spiro atoms. The van der Waals surface area contributed by atoms with Crippen molar-refractivity contribution in [2.24, 2.45) is 23.0 Å². The number of nitrogens with two attached hydrogens (primary N) is 1. The summed E-state index contributed by atoms with van der Waals surface area (Å²) in [4.78, 5) is 23.9. The van der Waals surface area contributed by atoms with Crippen molar-refractivity contribution in [2.45, 2.75) is 71.6 Å². The van der Waals surface area contributed by atoms with E-state index in [4.69, 9.17) is 5.73 Å². The van der Waals surface area contributed by atoms with Gasteiger partial charge in [0.25, 0.3) is 0 Å². The van der Waals surface area contributed by atoms with Crippen molar-refractivity contribution in [3.05, 3.63) is 0 Å². The van der Waals surface area contributed by atoms with Gasteiger partial charge in [-0.3, -0.25) is 9.59 Å². The van der Waals surface area contributed by atoms with Gasteiger partial charge >= 0.3 is 5.97 Å². The molecule has 1 saturated carbocycles. The molecule has 122 valence electrons. The highest BCUT2D eigenvalue weighted by Crippen LogP contribution is 2.53. The number of Topliss-reactive ketones (excluding diaryl/α,β-unsaturated/α-hetero) is 1. The molecule has 3 atom stereocenters. The van der Waals surface area contributed by atoms with Gasteiger partial charge in [0.1, 0.15) is 0 Å². The predicted molar refractivity (Wildman–Crippen MR) is 84.0 cm³/mol. The van der Waals surface area contributed by atoms with Crippen molar-refractivity contribution in [1.29, 1.82) is 0 Å². The van der Waals surface area contributed by atoms with Crippen LogP contribution in [-0.4, -0.2) is 23.4 Å². The largest absolute Gasteiger partial charge is 0.481 e. The molecule has 0 radical (unpaired) electrons. The minimum Gasteiger partial charge on any atom is -0.481 e. The van der Waals surface area contributed by atoms with Crippen molar-refractivity contribution >= 4 is 11.8 Å². The second kappa shape index (κ2) is 8.52. The van der Waals surface area contributed by atoms with Gasteiger partial charge in [0, 0.05) is 5.92 Å². The summed E-state index contributed by atoms with van der Waals surface area (Å²) in [6.07, 6.45) is 9.08. The van der Waals surface area contributed by atoms with Gasteiger partial charge < -0.3 is 10.8 Å². The maximum atomic E-state index is 12.2. The first-order valence-corrected chi connectivity index (χ1v) is 8.46. The lowest BCUT2D eigenvalue weighted by atomic mass is 9.53. The predicted octanol–water partition coefficient (Wildman–Crippen LogP) is 3.38. The molecule has 0 bridgehead atoms. The monoisotopic (exact) mass is 297 g/mol. The lowest BCUT2D eigenvalue weighted by Gasteiger charge is -2.49. The van der Waals surface area contributed by atoms with Crippen LogP contribution in [0.2, 0.25) is 0 Å². The summed E-state index contributed by atoms with van der Waals surface area (Å²) in [5.74, 6) is -1.19. The van der Waals surface area contributed by atoms with Crippen molar-refractivity contribution in [3.63, 3.8) is 0 Å². The molecule has 3 unspecified atom stereocenters. The Bertz CT molecular complexity index is 356. The van der Waals surface area contributed by atoms with Crippen LogP contribution >= 0.6 is 0 Å². The van der Waals surface area contributed by atoms with E-state index in [2.05, 4.69) is 6.92 Å². The first-order valence-electron chi connectivity index (χ1n) is 8.46. The van der Waals surface area contributed by atoms with Crippen molar-refractivity contribution in [2.75, 3.05) is 6.54 Å². The Morgan fingerprint density at radius 1 is 1.24 bits per heavy atom. The molecule has 21 heavy (non-hydrogen) atoms. The maximum Gasteiger partial charge on any atom is 0.310 e. The Hall–Kier alpha value is -0.900. The summed E-state index contributed by atoms with van der Waals surface area (Å²) >= 11 is 0. The highest BCUT2D eigenvalue weighted by atomic mass is 16.4. The van der Waals surface area contributed by atoms with Crippen LogP contribution in [0.1, 0.15) is 71.6 Å². The molecule has 0 aromatic carbocycles. The molecule has 0 aromatic rings. The quantitative estimate of drug-likeness (QED) is 0.573. The number of carbonyl (C=O) groups is 2. The first-order chi connectivity index (χ1) is 10.0. The third-order valence-electron chi connectivity index (χ3n) is 5.33. The number of unbranched alkanes of at least 4 members (excludes halogenated alkanes) is 5. The number of rotatable bonds is 11. The van der Waals surface area contributed by atoms with Gasteiger partial charge in [-0.05, 0) is 25.2 Å². The van der Waals surface area contributed by atoms with Crippen LogP contribution in [0.3, 0.4) is 0 Å². The summed E-state index contributed by atoms with van der Waals surface area (Å²) < 4.78 is 0. The summed E-state index contributed by atoms with van der Waals surface area (Å²) in [7, 11) is 0. The Morgan fingerprint density at radius 2 is 1.86 bits per heavy atom. The molecule has 0 amide bonds. The van der Waals surface area contributed by atoms with E-state index in [1.54, 1.807) is 0 Å². The van der Waals surface area contributed by atoms with Gasteiger partial charge in [-0.1, -0.05) is 52.4 Å². The fraction of sp³-hybridized carbons (Fsp3) is 0.882. The van der Waals surface area contributed by atoms with Gasteiger partial charge in [0.05, 0.1) is 12.0 Å². The molecular formula is C17H31NO3. The molecule has 0 saturated heterocycles. The normalized spacial score (nSPS) is 26.1. The van der Waals surface area contributed by atoms with E-state index in [-0.39, 0.29) is 18.2 Å². The van der Waals surface area contributed by atoms with Crippen LogP contribution in [0.25, 0.3) is 0 Å². The second-order valence-electron chi connectivity index (χ2n) is 6.56. The zero-order valence-corrected chi connectivity index (χ0v) is 13.6. The van der Waals surface area contributed by atoms with Crippen LogP contribution in [-0.2, 0) is 9.59 Å². The van der Waals surface area contributed by atoms with E-state index >= 15 is 0 Å². The second-order valence-corrected chi connectivity index (χ2v) is 6.56. The summed E-state index contributed by atoms with van der Waals surface area (Å²) in [5, 5.41) is 9.65. The number of carbonyl (C=O) groups excluding carboxylic acids is 1. The van der Waals surface area contributed by atoms with Crippen LogP contribution in [0.5, 0.6) is 0 Å². The standard InChI is InChI=1S/C17H31NO3/c1-3-4-5-6-7-8-9-14(15(19)12-18)17(16(20)21)11-10-13(17)2/h13-14H,3-12,18H2,1-2H3,(H,20,21). The highest BCUT2D eigenvalue weighted by molar-refractivity contribution is 5.90. The molecule has 4 nitrogen and oxygen atoms in total. The Balaban J connectivity index is 2.60. The zero-order valence-electron chi connectivity index (χ0n) is 13.6. The summed E-state index contributed by atoms with van der Waals surface area (Å²) in [5.41, 5.74) is 4.67. The number of carboxylic acid groups (broad SMARTS) is 1. The molecule has 4 heteroatoms. The Morgan fingerprint density at radius 3 is 2.29 bits per heavy atom. The first kappa shape index (κ1) is 18.1. The molecule has 1 fully saturated rings. The number of carboxylic acids is 1. The molecular weight excluding hydrogens is 266 g/mol.